The molecule has 1 heterocycles. The molecule has 0 bridgehead atoms. The fraction of sp³-hybridized carbons (Fsp3) is 0.167. The number of amides is 1. The number of rotatable bonds is 3. The predicted octanol–water partition coefficient (Wildman–Crippen LogP) is 1.21. The van der Waals surface area contributed by atoms with Crippen molar-refractivity contribution in [1.82, 2.24) is 3.92 Å². The average Bonchev–Trinajstić information content (AvgIpc) is 2.58. The summed E-state index contributed by atoms with van der Waals surface area (Å²) in [6, 6.07) is 19.6. The Morgan fingerprint density at radius 3 is 2.32 bits per heavy atom. The molecule has 1 saturated heterocycles. The van der Waals surface area contributed by atoms with Crippen molar-refractivity contribution in [2.45, 2.75) is 12.1 Å². The summed E-state index contributed by atoms with van der Waals surface area (Å²) >= 11 is -0.0661. The van der Waals surface area contributed by atoms with Gasteiger partial charge >= 0.3 is 136 Å². The Bertz CT molecular complexity index is 706. The molecule has 22 heavy (non-hydrogen) atoms. The molecule has 1 fully saturated rings. The van der Waals surface area contributed by atoms with E-state index < -0.39 is 6.10 Å². The van der Waals surface area contributed by atoms with Crippen LogP contribution in [-0.2, 0) is 9.53 Å². The van der Waals surface area contributed by atoms with Gasteiger partial charge in [0.05, 0.1) is 0 Å². The molecule has 0 saturated carbocycles. The van der Waals surface area contributed by atoms with Crippen LogP contribution in [0.15, 0.2) is 60.7 Å². The zero-order chi connectivity index (χ0) is 15.4. The van der Waals surface area contributed by atoms with Gasteiger partial charge < -0.3 is 0 Å². The van der Waals surface area contributed by atoms with E-state index >= 15 is 0 Å². The minimum atomic E-state index is -0.443. The van der Waals surface area contributed by atoms with Gasteiger partial charge in [-0.2, -0.15) is 0 Å². The van der Waals surface area contributed by atoms with Crippen LogP contribution in [-0.4, -0.2) is 44.3 Å². The summed E-state index contributed by atoms with van der Waals surface area (Å²) in [5.41, 5.74) is 0.948. The van der Waals surface area contributed by atoms with Crippen molar-refractivity contribution in [3.63, 3.8) is 0 Å². The summed E-state index contributed by atoms with van der Waals surface area (Å²) < 4.78 is 8.27. The van der Waals surface area contributed by atoms with Gasteiger partial charge in [0, 0.05) is 0 Å². The van der Waals surface area contributed by atoms with Crippen LogP contribution in [0.2, 0.25) is 0 Å². The Labute approximate surface area is 136 Å². The van der Waals surface area contributed by atoms with Gasteiger partial charge in [0.15, 0.2) is 0 Å². The Morgan fingerprint density at radius 2 is 1.68 bits per heavy atom. The van der Waals surface area contributed by atoms with Gasteiger partial charge in [-0.25, -0.2) is 0 Å². The van der Waals surface area contributed by atoms with E-state index in [4.69, 9.17) is 4.74 Å². The van der Waals surface area contributed by atoms with Crippen molar-refractivity contribution in [2.75, 3.05) is 7.11 Å². The van der Waals surface area contributed by atoms with E-state index in [0.717, 1.165) is 10.0 Å². The number of nitrogens with zero attached hydrogens (tertiary/aromatic N) is 1. The minimum absolute atomic E-state index is 0.0266. The number of benzene rings is 2. The number of hydrogen-bond acceptors (Lipinski definition) is 2. The van der Waals surface area contributed by atoms with Gasteiger partial charge in [-0.05, 0) is 0 Å². The van der Waals surface area contributed by atoms with Gasteiger partial charge in [0.25, 0.3) is 0 Å². The molecule has 2 aromatic carbocycles. The second-order valence-corrected chi connectivity index (χ2v) is 7.00. The summed E-state index contributed by atoms with van der Waals surface area (Å²) in [6.45, 7) is 0. The number of methoxy groups -OCH3 is 1. The third kappa shape index (κ3) is 3.08. The fourth-order valence-corrected chi connectivity index (χ4v) is 4.23. The number of β-lactam (4-membered cyclic amide) rings is 1. The SMILES string of the molecule is CO[C@H]1C(=O)N([Se]c2ccccc2)[C@H]1C#Cc1ccccc1. The maximum absolute atomic E-state index is 12.2. The van der Waals surface area contributed by atoms with E-state index in [1.165, 1.54) is 0 Å². The molecule has 2 atom stereocenters. The fourth-order valence-electron chi connectivity index (χ4n) is 2.18. The molecule has 0 unspecified atom stereocenters. The standard InChI is InChI=1S/C18H15NO2Se/c1-21-17-16(13-12-14-8-4-2-5-9-14)19(18(17)20)22-15-10-6-3-7-11-15/h2-11,16-17H,1H3/t16-,17+/m0/s1. The van der Waals surface area contributed by atoms with Gasteiger partial charge in [0.1, 0.15) is 0 Å². The Kier molecular flexibility index (Phi) is 4.60. The molecule has 0 N–H and O–H groups in total. The third-order valence-electron chi connectivity index (χ3n) is 3.34. The Hall–Kier alpha value is -2.05. The van der Waals surface area contributed by atoms with Crippen LogP contribution >= 0.6 is 0 Å². The summed E-state index contributed by atoms with van der Waals surface area (Å²) in [5.74, 6) is 6.34. The third-order valence-corrected chi connectivity index (χ3v) is 5.62. The number of hydrogen-bond donors (Lipinski definition) is 0. The molecule has 0 radical (unpaired) electrons. The van der Waals surface area contributed by atoms with Crippen molar-refractivity contribution < 1.29 is 9.53 Å². The molecule has 1 aliphatic rings. The van der Waals surface area contributed by atoms with Crippen molar-refractivity contribution in [1.29, 1.82) is 0 Å². The summed E-state index contributed by atoms with van der Waals surface area (Å²) in [6.07, 6.45) is -0.443. The van der Waals surface area contributed by atoms with Crippen LogP contribution in [0.1, 0.15) is 5.56 Å². The molecule has 1 aliphatic heterocycles. The molecule has 3 nitrogen and oxygen atoms in total. The van der Waals surface area contributed by atoms with Crippen molar-refractivity contribution in [2.24, 2.45) is 0 Å². The Balaban J connectivity index is 1.78. The van der Waals surface area contributed by atoms with Crippen molar-refractivity contribution in [3.8, 4) is 11.8 Å². The zero-order valence-electron chi connectivity index (χ0n) is 12.1. The predicted molar refractivity (Wildman–Crippen MR) is 86.6 cm³/mol. The second-order valence-electron chi connectivity index (χ2n) is 4.80. The zero-order valence-corrected chi connectivity index (χ0v) is 13.8. The normalized spacial score (nSPS) is 20.0. The van der Waals surface area contributed by atoms with E-state index in [-0.39, 0.29) is 27.1 Å². The maximum atomic E-state index is 12.2. The quantitative estimate of drug-likeness (QED) is 0.470. The van der Waals surface area contributed by atoms with E-state index in [1.54, 1.807) is 7.11 Å². The molecular formula is C18H15NO2Se. The molecule has 1 amide bonds. The summed E-state index contributed by atoms with van der Waals surface area (Å²) in [7, 11) is 1.56. The van der Waals surface area contributed by atoms with E-state index in [9.17, 15) is 4.79 Å². The van der Waals surface area contributed by atoms with Crippen LogP contribution in [0.25, 0.3) is 0 Å². The van der Waals surface area contributed by atoms with Gasteiger partial charge in [-0.15, -0.1) is 0 Å². The van der Waals surface area contributed by atoms with Crippen LogP contribution in [0.3, 0.4) is 0 Å². The molecule has 110 valence electrons. The van der Waals surface area contributed by atoms with Crippen LogP contribution in [0.5, 0.6) is 0 Å². The molecule has 0 aromatic heterocycles. The van der Waals surface area contributed by atoms with Crippen LogP contribution in [0.4, 0.5) is 0 Å². The molecule has 2 aromatic rings. The van der Waals surface area contributed by atoms with E-state index in [1.807, 2.05) is 64.6 Å². The van der Waals surface area contributed by atoms with Gasteiger partial charge in [-0.1, -0.05) is 0 Å². The van der Waals surface area contributed by atoms with Gasteiger partial charge in [-0.3, -0.25) is 0 Å². The van der Waals surface area contributed by atoms with E-state index in [2.05, 4.69) is 11.8 Å². The van der Waals surface area contributed by atoms with Crippen LogP contribution in [0, 0.1) is 11.8 Å². The monoisotopic (exact) mass is 357 g/mol. The first-order valence-electron chi connectivity index (χ1n) is 6.95. The first-order valence-corrected chi connectivity index (χ1v) is 8.57. The number of ether oxygens (including phenoxy) is 1. The van der Waals surface area contributed by atoms with Crippen LogP contribution < -0.4 is 4.46 Å². The molecule has 3 rings (SSSR count). The van der Waals surface area contributed by atoms with E-state index in [0.29, 0.717) is 0 Å². The number of carbonyl (C=O) groups excluding carboxylic acids is 1. The van der Waals surface area contributed by atoms with Gasteiger partial charge in [0.2, 0.25) is 0 Å². The first kappa shape index (κ1) is 14.9. The summed E-state index contributed by atoms with van der Waals surface area (Å²) in [4.78, 5) is 12.2. The Morgan fingerprint density at radius 1 is 1.05 bits per heavy atom. The molecular weight excluding hydrogens is 341 g/mol. The molecule has 4 heteroatoms. The second kappa shape index (κ2) is 6.81. The van der Waals surface area contributed by atoms with Crippen molar-refractivity contribution in [3.05, 3.63) is 66.2 Å². The van der Waals surface area contributed by atoms with Crippen molar-refractivity contribution >= 4 is 25.5 Å². The average molecular weight is 356 g/mol. The first-order chi connectivity index (χ1) is 10.8. The molecule has 0 aliphatic carbocycles. The topological polar surface area (TPSA) is 29.5 Å². The molecule has 0 spiro atoms. The summed E-state index contributed by atoms with van der Waals surface area (Å²) in [5, 5.41) is 0. The number of carbonyl (C=O) groups is 1.